The maximum atomic E-state index is 12.6. The van der Waals surface area contributed by atoms with Gasteiger partial charge < -0.3 is 25.7 Å². The highest BCUT2D eigenvalue weighted by Crippen LogP contribution is 2.35. The monoisotopic (exact) mass is 493 g/mol. The highest BCUT2D eigenvalue weighted by Gasteiger charge is 2.27. The summed E-state index contributed by atoms with van der Waals surface area (Å²) in [6, 6.07) is 18.8. The number of para-hydroxylation sites is 1. The molecule has 5 rings (SSSR count). The molecule has 1 saturated heterocycles. The van der Waals surface area contributed by atoms with Gasteiger partial charge in [-0.2, -0.15) is 0 Å². The minimum absolute atomic E-state index is 0.0495. The average molecular weight is 494 g/mol. The van der Waals surface area contributed by atoms with E-state index in [0.717, 1.165) is 41.9 Å². The average Bonchev–Trinajstić information content (AvgIpc) is 3.39. The highest BCUT2D eigenvalue weighted by atomic mass is 16.5. The molecule has 4 aromatic rings. The topological polar surface area (TPSA) is 113 Å². The second-order valence-electron chi connectivity index (χ2n) is 8.86. The molecule has 0 aliphatic carbocycles. The molecule has 2 aromatic heterocycles. The molecule has 186 valence electrons. The molecule has 2 amide bonds. The van der Waals surface area contributed by atoms with Crippen molar-refractivity contribution in [3.05, 3.63) is 72.4 Å². The number of nitrogens with zero attached hydrogens (tertiary/aromatic N) is 2. The van der Waals surface area contributed by atoms with Crippen molar-refractivity contribution in [2.45, 2.75) is 25.8 Å². The van der Waals surface area contributed by atoms with Gasteiger partial charge in [0, 0.05) is 36.3 Å². The number of benzene rings is 2. The lowest BCUT2D eigenvalue weighted by molar-refractivity contribution is -0.116. The Morgan fingerprint density at radius 1 is 1.11 bits per heavy atom. The number of ether oxygens (including phenoxy) is 1. The number of amides is 2. The number of aromatic amines is 1. The SMILES string of the molecule is CC#CC(=O)N[C@@H]1CCCN(c2nc(-c3ccc(Oc4ccccc4)cc3)c(C(N)=O)c3[nH]ccc23)C1. The summed E-state index contributed by atoms with van der Waals surface area (Å²) in [6.07, 6.45) is 3.53. The largest absolute Gasteiger partial charge is 0.457 e. The zero-order valence-electron chi connectivity index (χ0n) is 20.5. The van der Waals surface area contributed by atoms with Crippen LogP contribution in [-0.2, 0) is 4.79 Å². The van der Waals surface area contributed by atoms with Crippen LogP contribution in [0.4, 0.5) is 5.82 Å². The lowest BCUT2D eigenvalue weighted by atomic mass is 10.0. The van der Waals surface area contributed by atoms with E-state index in [9.17, 15) is 9.59 Å². The summed E-state index contributed by atoms with van der Waals surface area (Å²) in [5.74, 6) is 6.47. The van der Waals surface area contributed by atoms with Gasteiger partial charge in [-0.1, -0.05) is 24.1 Å². The third-order valence-corrected chi connectivity index (χ3v) is 6.34. The number of aromatic nitrogens is 2. The number of hydrogen-bond acceptors (Lipinski definition) is 5. The van der Waals surface area contributed by atoms with Gasteiger partial charge in [-0.15, -0.1) is 0 Å². The van der Waals surface area contributed by atoms with Crippen molar-refractivity contribution in [1.82, 2.24) is 15.3 Å². The van der Waals surface area contributed by atoms with Crippen molar-refractivity contribution in [3.8, 4) is 34.6 Å². The van der Waals surface area contributed by atoms with Crippen molar-refractivity contribution in [3.63, 3.8) is 0 Å². The molecule has 0 bridgehead atoms. The van der Waals surface area contributed by atoms with E-state index >= 15 is 0 Å². The van der Waals surface area contributed by atoms with Crippen LogP contribution in [0.3, 0.4) is 0 Å². The molecule has 37 heavy (non-hydrogen) atoms. The fourth-order valence-electron chi connectivity index (χ4n) is 4.72. The van der Waals surface area contributed by atoms with Crippen molar-refractivity contribution in [1.29, 1.82) is 0 Å². The summed E-state index contributed by atoms with van der Waals surface area (Å²) in [5, 5.41) is 3.79. The first-order valence-corrected chi connectivity index (χ1v) is 12.2. The Balaban J connectivity index is 1.51. The lowest BCUT2D eigenvalue weighted by Gasteiger charge is -2.34. The van der Waals surface area contributed by atoms with Crippen LogP contribution < -0.4 is 20.7 Å². The number of nitrogens with one attached hydrogen (secondary N) is 2. The van der Waals surface area contributed by atoms with E-state index in [0.29, 0.717) is 29.1 Å². The first-order chi connectivity index (χ1) is 18.0. The van der Waals surface area contributed by atoms with Crippen LogP contribution in [0.2, 0.25) is 0 Å². The Morgan fingerprint density at radius 2 is 1.86 bits per heavy atom. The zero-order valence-corrected chi connectivity index (χ0v) is 20.5. The summed E-state index contributed by atoms with van der Waals surface area (Å²) >= 11 is 0. The van der Waals surface area contributed by atoms with E-state index in [2.05, 4.69) is 27.0 Å². The molecule has 1 aliphatic rings. The first-order valence-electron chi connectivity index (χ1n) is 12.2. The van der Waals surface area contributed by atoms with E-state index < -0.39 is 5.91 Å². The standard InChI is InChI=1S/C29H27N5O3/c1-2-7-24(35)32-20-8-6-17-34(18-20)29-23-15-16-31-27(23)25(28(30)36)26(33-29)19-11-13-22(14-12-19)37-21-9-4-3-5-10-21/h3-5,9-16,20,31H,6,8,17-18H2,1H3,(H2,30,36)(H,32,35)/t20-/m1/s1. The Labute approximate surface area is 214 Å². The molecule has 1 aliphatic heterocycles. The predicted molar refractivity (Wildman–Crippen MR) is 143 cm³/mol. The first kappa shape index (κ1) is 23.9. The van der Waals surface area contributed by atoms with Gasteiger partial charge in [0.1, 0.15) is 17.3 Å². The lowest BCUT2D eigenvalue weighted by Crippen LogP contribution is -2.47. The van der Waals surface area contributed by atoms with Gasteiger partial charge in [-0.25, -0.2) is 4.98 Å². The molecule has 1 fully saturated rings. The number of piperidine rings is 1. The predicted octanol–water partition coefficient (Wildman–Crippen LogP) is 4.23. The molecule has 3 heterocycles. The normalized spacial score (nSPS) is 15.1. The Kier molecular flexibility index (Phi) is 6.77. The minimum Gasteiger partial charge on any atom is -0.457 e. The van der Waals surface area contributed by atoms with Gasteiger partial charge in [-0.3, -0.25) is 9.59 Å². The van der Waals surface area contributed by atoms with Crippen LogP contribution in [0, 0.1) is 11.8 Å². The molecule has 0 spiro atoms. The second kappa shape index (κ2) is 10.5. The van der Waals surface area contributed by atoms with Gasteiger partial charge in [0.05, 0.1) is 16.8 Å². The minimum atomic E-state index is -0.562. The number of carbonyl (C=O) groups is 2. The molecule has 0 radical (unpaired) electrons. The van der Waals surface area contributed by atoms with E-state index in [4.69, 9.17) is 15.5 Å². The molecule has 8 heteroatoms. The van der Waals surface area contributed by atoms with Crippen LogP contribution in [0.25, 0.3) is 22.2 Å². The number of pyridine rings is 1. The number of nitrogens with two attached hydrogens (primary N) is 1. The van der Waals surface area contributed by atoms with Crippen molar-refractivity contribution >= 4 is 28.5 Å². The smallest absolute Gasteiger partial charge is 0.296 e. The Bertz CT molecular complexity index is 1500. The third kappa shape index (κ3) is 5.11. The highest BCUT2D eigenvalue weighted by molar-refractivity contribution is 6.12. The maximum absolute atomic E-state index is 12.6. The molecule has 0 unspecified atom stereocenters. The van der Waals surface area contributed by atoms with Gasteiger partial charge in [0.2, 0.25) is 0 Å². The summed E-state index contributed by atoms with van der Waals surface area (Å²) < 4.78 is 5.91. The summed E-state index contributed by atoms with van der Waals surface area (Å²) in [4.78, 5) is 34.9. The van der Waals surface area contributed by atoms with Crippen molar-refractivity contribution in [2.24, 2.45) is 5.73 Å². The third-order valence-electron chi connectivity index (χ3n) is 6.34. The van der Waals surface area contributed by atoms with E-state index in [1.54, 1.807) is 13.1 Å². The van der Waals surface area contributed by atoms with Crippen LogP contribution >= 0.6 is 0 Å². The molecule has 4 N–H and O–H groups in total. The number of primary amides is 1. The number of rotatable bonds is 6. The second-order valence-corrected chi connectivity index (χ2v) is 8.86. The number of fused-ring (bicyclic) bond motifs is 1. The molecule has 1 atom stereocenters. The van der Waals surface area contributed by atoms with Gasteiger partial charge in [0.25, 0.3) is 11.8 Å². The van der Waals surface area contributed by atoms with Gasteiger partial charge >= 0.3 is 0 Å². The molecule has 0 saturated carbocycles. The summed E-state index contributed by atoms with van der Waals surface area (Å²) in [5.41, 5.74) is 8.05. The van der Waals surface area contributed by atoms with E-state index in [-0.39, 0.29) is 11.9 Å². The fourth-order valence-corrected chi connectivity index (χ4v) is 4.72. The molecular formula is C29H27N5O3. The van der Waals surface area contributed by atoms with Crippen molar-refractivity contribution < 1.29 is 14.3 Å². The van der Waals surface area contributed by atoms with E-state index in [1.165, 1.54) is 0 Å². The number of carbonyl (C=O) groups excluding carboxylic acids is 2. The van der Waals surface area contributed by atoms with Crippen LogP contribution in [0.1, 0.15) is 30.1 Å². The maximum Gasteiger partial charge on any atom is 0.296 e. The molecular weight excluding hydrogens is 466 g/mol. The van der Waals surface area contributed by atoms with Gasteiger partial charge in [-0.05, 0) is 68.2 Å². The molecule has 2 aromatic carbocycles. The van der Waals surface area contributed by atoms with Crippen LogP contribution in [-0.4, -0.2) is 40.9 Å². The Hall–Kier alpha value is -4.77. The number of anilines is 1. The van der Waals surface area contributed by atoms with Crippen LogP contribution in [0.5, 0.6) is 11.5 Å². The number of H-pyrrole nitrogens is 1. The summed E-state index contributed by atoms with van der Waals surface area (Å²) in [6.45, 7) is 3.00. The zero-order chi connectivity index (χ0) is 25.8. The van der Waals surface area contributed by atoms with E-state index in [1.807, 2.05) is 60.7 Å². The molecule has 8 nitrogen and oxygen atoms in total. The van der Waals surface area contributed by atoms with Crippen molar-refractivity contribution in [2.75, 3.05) is 18.0 Å². The number of hydrogen-bond donors (Lipinski definition) is 3. The van der Waals surface area contributed by atoms with Crippen LogP contribution in [0.15, 0.2) is 66.9 Å². The summed E-state index contributed by atoms with van der Waals surface area (Å²) in [7, 11) is 0. The quantitative estimate of drug-likeness (QED) is 0.348. The van der Waals surface area contributed by atoms with Gasteiger partial charge in [0.15, 0.2) is 0 Å². The Morgan fingerprint density at radius 3 is 2.59 bits per heavy atom. The fraction of sp³-hybridized carbons (Fsp3) is 0.207.